The van der Waals surface area contributed by atoms with Crippen LogP contribution in [0.3, 0.4) is 0 Å². The molecule has 0 aliphatic carbocycles. The summed E-state index contributed by atoms with van der Waals surface area (Å²) >= 11 is 0. The number of pyridine rings is 1. The molecule has 0 unspecified atom stereocenters. The van der Waals surface area contributed by atoms with Crippen LogP contribution in [0.15, 0.2) is 65.5 Å². The van der Waals surface area contributed by atoms with Crippen LogP contribution < -0.4 is 10.3 Å². The molecular formula is C20H15N3O4. The van der Waals surface area contributed by atoms with Crippen LogP contribution in [0.4, 0.5) is 5.69 Å². The van der Waals surface area contributed by atoms with Crippen LogP contribution in [0.5, 0.6) is 5.75 Å². The third-order valence-corrected chi connectivity index (χ3v) is 4.17. The van der Waals surface area contributed by atoms with Crippen molar-refractivity contribution >= 4 is 5.69 Å². The van der Waals surface area contributed by atoms with Crippen molar-refractivity contribution in [3.63, 3.8) is 0 Å². The normalized spacial score (nSPS) is 10.2. The molecule has 7 nitrogen and oxygen atoms in total. The van der Waals surface area contributed by atoms with Gasteiger partial charge in [-0.05, 0) is 47.5 Å². The Balaban J connectivity index is 2.07. The number of nitrogens with zero attached hydrogens (tertiary/aromatic N) is 3. The topological polar surface area (TPSA) is 98.2 Å². The zero-order valence-corrected chi connectivity index (χ0v) is 14.5. The van der Waals surface area contributed by atoms with E-state index in [1.54, 1.807) is 37.4 Å². The van der Waals surface area contributed by atoms with Crippen LogP contribution in [0, 0.1) is 21.4 Å². The fourth-order valence-electron chi connectivity index (χ4n) is 2.74. The van der Waals surface area contributed by atoms with E-state index in [1.165, 1.54) is 22.8 Å². The second-order valence-electron chi connectivity index (χ2n) is 5.79. The van der Waals surface area contributed by atoms with E-state index in [4.69, 9.17) is 4.74 Å². The molecule has 7 heteroatoms. The summed E-state index contributed by atoms with van der Waals surface area (Å²) in [6, 6.07) is 18.3. The van der Waals surface area contributed by atoms with Gasteiger partial charge in [0.15, 0.2) is 0 Å². The highest BCUT2D eigenvalue weighted by atomic mass is 16.6. The summed E-state index contributed by atoms with van der Waals surface area (Å²) in [5, 5.41) is 20.0. The number of rotatable bonds is 5. The number of nitro groups is 1. The van der Waals surface area contributed by atoms with Gasteiger partial charge in [-0.15, -0.1) is 0 Å². The molecule has 0 aliphatic heterocycles. The van der Waals surface area contributed by atoms with Gasteiger partial charge in [0.25, 0.3) is 11.2 Å². The highest BCUT2D eigenvalue weighted by Crippen LogP contribution is 2.23. The molecule has 0 bridgehead atoms. The number of ether oxygens (including phenoxy) is 1. The number of nitriles is 1. The van der Waals surface area contributed by atoms with Crippen molar-refractivity contribution in [2.24, 2.45) is 0 Å². The first-order valence-corrected chi connectivity index (χ1v) is 8.05. The average molecular weight is 361 g/mol. The molecule has 2 aromatic carbocycles. The van der Waals surface area contributed by atoms with Crippen molar-refractivity contribution < 1.29 is 9.66 Å². The molecule has 0 fully saturated rings. The second-order valence-corrected chi connectivity index (χ2v) is 5.79. The summed E-state index contributed by atoms with van der Waals surface area (Å²) in [5.41, 5.74) is 1.75. The van der Waals surface area contributed by atoms with E-state index >= 15 is 0 Å². The molecule has 0 saturated carbocycles. The summed E-state index contributed by atoms with van der Waals surface area (Å²) in [7, 11) is 1.57. The van der Waals surface area contributed by atoms with Crippen LogP contribution in [0.25, 0.3) is 11.3 Å². The Morgan fingerprint density at radius 2 is 1.74 bits per heavy atom. The molecule has 27 heavy (non-hydrogen) atoms. The van der Waals surface area contributed by atoms with Gasteiger partial charge in [0.05, 0.1) is 24.3 Å². The summed E-state index contributed by atoms with van der Waals surface area (Å²) in [5.74, 6) is 0.691. The van der Waals surface area contributed by atoms with Crippen molar-refractivity contribution in [3.05, 3.63) is 92.3 Å². The van der Waals surface area contributed by atoms with Crippen molar-refractivity contribution in [2.45, 2.75) is 6.54 Å². The monoisotopic (exact) mass is 361 g/mol. The number of benzene rings is 2. The Bertz CT molecular complexity index is 1080. The molecule has 0 N–H and O–H groups in total. The molecular weight excluding hydrogens is 346 g/mol. The molecule has 3 rings (SSSR count). The molecule has 0 amide bonds. The van der Waals surface area contributed by atoms with Crippen LogP contribution in [0.1, 0.15) is 11.1 Å². The lowest BCUT2D eigenvalue weighted by molar-refractivity contribution is -0.384. The standard InChI is InChI=1S/C20H15N3O4/c1-27-18-9-4-15(5-10-18)19-11-6-16(12-21)20(24)22(19)13-14-2-7-17(8-3-14)23(25)26/h2-11H,13H2,1H3. The van der Waals surface area contributed by atoms with Gasteiger partial charge >= 0.3 is 0 Å². The van der Waals surface area contributed by atoms with Crippen molar-refractivity contribution in [3.8, 4) is 23.1 Å². The lowest BCUT2D eigenvalue weighted by Gasteiger charge is -2.14. The lowest BCUT2D eigenvalue weighted by atomic mass is 10.1. The number of hydrogen-bond donors (Lipinski definition) is 0. The lowest BCUT2D eigenvalue weighted by Crippen LogP contribution is -2.24. The Hall–Kier alpha value is -3.92. The summed E-state index contributed by atoms with van der Waals surface area (Å²) in [4.78, 5) is 23.0. The smallest absolute Gasteiger partial charge is 0.269 e. The quantitative estimate of drug-likeness (QED) is 0.513. The zero-order valence-electron chi connectivity index (χ0n) is 14.5. The van der Waals surface area contributed by atoms with Crippen LogP contribution in [0.2, 0.25) is 0 Å². The fraction of sp³-hybridized carbons (Fsp3) is 0.100. The van der Waals surface area contributed by atoms with Gasteiger partial charge < -0.3 is 9.30 Å². The number of nitro benzene ring substituents is 1. The molecule has 0 atom stereocenters. The van der Waals surface area contributed by atoms with Crippen LogP contribution in [-0.4, -0.2) is 16.6 Å². The van der Waals surface area contributed by atoms with Gasteiger partial charge in [-0.2, -0.15) is 5.26 Å². The average Bonchev–Trinajstić information content (AvgIpc) is 2.70. The summed E-state index contributed by atoms with van der Waals surface area (Å²) < 4.78 is 6.64. The largest absolute Gasteiger partial charge is 0.497 e. The predicted molar refractivity (Wildman–Crippen MR) is 99.6 cm³/mol. The van der Waals surface area contributed by atoms with Gasteiger partial charge in [0, 0.05) is 12.1 Å². The minimum atomic E-state index is -0.477. The molecule has 134 valence electrons. The Morgan fingerprint density at radius 3 is 2.30 bits per heavy atom. The van der Waals surface area contributed by atoms with E-state index in [9.17, 15) is 20.2 Å². The minimum absolute atomic E-state index is 0.0211. The van der Waals surface area contributed by atoms with Crippen LogP contribution >= 0.6 is 0 Å². The highest BCUT2D eigenvalue weighted by molar-refractivity contribution is 5.61. The number of methoxy groups -OCH3 is 1. The third kappa shape index (κ3) is 3.70. The maximum absolute atomic E-state index is 12.7. The van der Waals surface area contributed by atoms with Gasteiger partial charge in [0.2, 0.25) is 0 Å². The third-order valence-electron chi connectivity index (χ3n) is 4.17. The van der Waals surface area contributed by atoms with Crippen molar-refractivity contribution in [1.29, 1.82) is 5.26 Å². The minimum Gasteiger partial charge on any atom is -0.497 e. The Kier molecular flexibility index (Phi) is 4.99. The van der Waals surface area contributed by atoms with Gasteiger partial charge in [-0.3, -0.25) is 14.9 Å². The number of hydrogen-bond acceptors (Lipinski definition) is 5. The Labute approximate surface area is 154 Å². The molecule has 0 spiro atoms. The fourth-order valence-corrected chi connectivity index (χ4v) is 2.74. The molecule has 3 aromatic rings. The maximum Gasteiger partial charge on any atom is 0.269 e. The SMILES string of the molecule is COc1ccc(-c2ccc(C#N)c(=O)n2Cc2ccc([N+](=O)[O-])cc2)cc1. The highest BCUT2D eigenvalue weighted by Gasteiger charge is 2.12. The predicted octanol–water partition coefficient (Wildman–Crippen LogP) is 3.35. The number of non-ortho nitro benzene ring substituents is 1. The summed E-state index contributed by atoms with van der Waals surface area (Å²) in [6.07, 6.45) is 0. The van der Waals surface area contributed by atoms with E-state index in [2.05, 4.69) is 0 Å². The van der Waals surface area contributed by atoms with E-state index in [0.29, 0.717) is 17.0 Å². The first-order valence-electron chi connectivity index (χ1n) is 8.05. The summed E-state index contributed by atoms with van der Waals surface area (Å²) in [6.45, 7) is 0.188. The van der Waals surface area contributed by atoms with E-state index in [1.807, 2.05) is 18.2 Å². The van der Waals surface area contributed by atoms with Gasteiger partial charge in [-0.25, -0.2) is 0 Å². The first-order chi connectivity index (χ1) is 13.0. The maximum atomic E-state index is 12.7. The van der Waals surface area contributed by atoms with Gasteiger partial charge in [-0.1, -0.05) is 12.1 Å². The van der Waals surface area contributed by atoms with E-state index < -0.39 is 10.5 Å². The van der Waals surface area contributed by atoms with Crippen molar-refractivity contribution in [2.75, 3.05) is 7.11 Å². The zero-order chi connectivity index (χ0) is 19.4. The van der Waals surface area contributed by atoms with E-state index in [0.717, 1.165) is 5.56 Å². The van der Waals surface area contributed by atoms with Crippen LogP contribution in [-0.2, 0) is 6.54 Å². The van der Waals surface area contributed by atoms with E-state index in [-0.39, 0.29) is 17.8 Å². The molecule has 0 radical (unpaired) electrons. The second kappa shape index (κ2) is 7.54. The molecule has 1 heterocycles. The Morgan fingerprint density at radius 1 is 1.07 bits per heavy atom. The molecule has 0 aliphatic rings. The number of aromatic nitrogens is 1. The molecule has 1 aromatic heterocycles. The van der Waals surface area contributed by atoms with Crippen molar-refractivity contribution in [1.82, 2.24) is 4.57 Å². The van der Waals surface area contributed by atoms with Gasteiger partial charge in [0.1, 0.15) is 17.4 Å². The first kappa shape index (κ1) is 17.9. The molecule has 0 saturated heterocycles.